The zero-order valence-corrected chi connectivity index (χ0v) is 22.0. The maximum Gasteiger partial charge on any atom is 0.265 e. The molecule has 0 aromatic carbocycles. The van der Waals surface area contributed by atoms with E-state index in [-0.39, 0.29) is 22.5 Å². The topological polar surface area (TPSA) is 80.8 Å². The summed E-state index contributed by atoms with van der Waals surface area (Å²) >= 11 is 5.37. The van der Waals surface area contributed by atoms with Crippen molar-refractivity contribution in [3.05, 3.63) is 55.0 Å². The summed E-state index contributed by atoms with van der Waals surface area (Å²) in [6.45, 7) is 9.73. The lowest BCUT2D eigenvalue weighted by Crippen LogP contribution is -2.55. The standard InChI is InChI=1S/C26H36N3O6S/c1-3-28-24(30)22(25(31)29(4-2)26(28)36)9-10-23(21-7-5-6-8-21)27-11-13-32-15-17-34-19-20-35-18-16-33-14-12-27/h5-10H,3-4,11-20H2,1-2H3/b23-10-. The fraction of sp³-hybridized carbons (Fsp3) is 0.538. The Morgan fingerprint density at radius 1 is 0.806 bits per heavy atom. The average Bonchev–Trinajstić information content (AvgIpc) is 3.40. The molecule has 0 unspecified atom stereocenters. The van der Waals surface area contributed by atoms with Crippen LogP contribution in [0.15, 0.2) is 23.4 Å². The largest absolute Gasteiger partial charge is 0.377 e. The molecule has 2 heterocycles. The molecule has 0 N–H and O–H groups in total. The van der Waals surface area contributed by atoms with Gasteiger partial charge in [0.2, 0.25) is 0 Å². The maximum absolute atomic E-state index is 13.1. The summed E-state index contributed by atoms with van der Waals surface area (Å²) in [6, 6.07) is 0. The third kappa shape index (κ3) is 7.82. The van der Waals surface area contributed by atoms with Gasteiger partial charge in [-0.1, -0.05) is 0 Å². The van der Waals surface area contributed by atoms with Gasteiger partial charge in [0.15, 0.2) is 5.11 Å². The molecule has 5 radical (unpaired) electrons. The van der Waals surface area contributed by atoms with Crippen molar-refractivity contribution in [2.45, 2.75) is 13.8 Å². The molecule has 1 aliphatic carbocycles. The molecule has 3 aliphatic rings. The summed E-state index contributed by atoms with van der Waals surface area (Å²) in [5.41, 5.74) is 0.966. The number of thiocarbonyl (C=S) groups is 1. The van der Waals surface area contributed by atoms with E-state index in [1.807, 2.05) is 45.6 Å². The summed E-state index contributed by atoms with van der Waals surface area (Å²) in [4.78, 5) is 31.2. The van der Waals surface area contributed by atoms with Crippen molar-refractivity contribution in [2.75, 3.05) is 79.0 Å². The van der Waals surface area contributed by atoms with E-state index in [0.717, 1.165) is 11.6 Å². The Balaban J connectivity index is 1.84. The summed E-state index contributed by atoms with van der Waals surface area (Å²) in [7, 11) is 0. The fourth-order valence-corrected chi connectivity index (χ4v) is 4.38. The molecule has 0 spiro atoms. The molecule has 2 amide bonds. The van der Waals surface area contributed by atoms with Crippen LogP contribution < -0.4 is 0 Å². The van der Waals surface area contributed by atoms with Gasteiger partial charge in [0.1, 0.15) is 5.57 Å². The van der Waals surface area contributed by atoms with Gasteiger partial charge in [0.05, 0.1) is 52.9 Å². The van der Waals surface area contributed by atoms with Gasteiger partial charge in [-0.2, -0.15) is 0 Å². The van der Waals surface area contributed by atoms with Crippen molar-refractivity contribution in [1.82, 2.24) is 14.7 Å². The highest BCUT2D eigenvalue weighted by Gasteiger charge is 2.37. The molecule has 0 aromatic heterocycles. The van der Waals surface area contributed by atoms with E-state index in [1.54, 1.807) is 6.08 Å². The molecule has 0 bridgehead atoms. The maximum atomic E-state index is 13.1. The van der Waals surface area contributed by atoms with Crippen LogP contribution in [0.2, 0.25) is 0 Å². The lowest BCUT2D eigenvalue weighted by molar-refractivity contribution is -0.133. The Labute approximate surface area is 220 Å². The first-order chi connectivity index (χ1) is 17.6. The summed E-state index contributed by atoms with van der Waals surface area (Å²) in [5, 5.41) is 0.250. The third-order valence-corrected chi connectivity index (χ3v) is 6.32. The number of allylic oxidation sites excluding steroid dienone is 3. The molecule has 10 heteroatoms. The molecule has 3 fully saturated rings. The highest BCUT2D eigenvalue weighted by molar-refractivity contribution is 7.80. The lowest BCUT2D eigenvalue weighted by atomic mass is 10.0. The van der Waals surface area contributed by atoms with Crippen molar-refractivity contribution < 1.29 is 28.5 Å². The number of hydrogen-bond acceptors (Lipinski definition) is 8. The average molecular weight is 519 g/mol. The number of carbonyl (C=O) groups is 2. The van der Waals surface area contributed by atoms with Crippen molar-refractivity contribution in [3.8, 4) is 0 Å². The molecule has 36 heavy (non-hydrogen) atoms. The van der Waals surface area contributed by atoms with E-state index >= 15 is 0 Å². The highest BCUT2D eigenvalue weighted by Crippen LogP contribution is 2.32. The van der Waals surface area contributed by atoms with E-state index in [1.165, 1.54) is 9.80 Å². The Morgan fingerprint density at radius 2 is 1.25 bits per heavy atom. The second-order valence-electron chi connectivity index (χ2n) is 8.12. The van der Waals surface area contributed by atoms with Crippen LogP contribution in [-0.2, 0) is 28.5 Å². The molecule has 9 nitrogen and oxygen atoms in total. The van der Waals surface area contributed by atoms with E-state index in [9.17, 15) is 9.59 Å². The fourth-order valence-electron chi connectivity index (χ4n) is 3.96. The van der Waals surface area contributed by atoms with Gasteiger partial charge in [-0.25, -0.2) is 0 Å². The molecule has 1 saturated carbocycles. The van der Waals surface area contributed by atoms with Gasteiger partial charge >= 0.3 is 0 Å². The zero-order chi connectivity index (χ0) is 25.8. The SMILES string of the molecule is CCN1C(=O)C(=C/C=C(/[C]2[CH][CH][CH][CH]2)N2CCOCCOCCOCCOCC2)C(=O)N(CC)C1=S. The van der Waals surface area contributed by atoms with E-state index in [4.69, 9.17) is 31.2 Å². The Bertz CT molecular complexity index is 768. The van der Waals surface area contributed by atoms with E-state index < -0.39 is 0 Å². The molecule has 2 saturated heterocycles. The number of nitrogens with zero attached hydrogens (tertiary/aromatic N) is 3. The predicted molar refractivity (Wildman–Crippen MR) is 139 cm³/mol. The highest BCUT2D eigenvalue weighted by atomic mass is 32.1. The second-order valence-corrected chi connectivity index (χ2v) is 8.49. The van der Waals surface area contributed by atoms with Crippen molar-refractivity contribution in [1.29, 1.82) is 0 Å². The smallest absolute Gasteiger partial charge is 0.265 e. The van der Waals surface area contributed by atoms with Gasteiger partial charge in [0.25, 0.3) is 11.8 Å². The summed E-state index contributed by atoms with van der Waals surface area (Å²) < 4.78 is 22.6. The Morgan fingerprint density at radius 3 is 1.69 bits per heavy atom. The van der Waals surface area contributed by atoms with E-state index in [0.29, 0.717) is 79.0 Å². The number of carbonyl (C=O) groups excluding carboxylic acids is 2. The normalized spacial score (nSPS) is 23.2. The second kappa shape index (κ2) is 15.4. The van der Waals surface area contributed by atoms with Crippen molar-refractivity contribution in [2.24, 2.45) is 0 Å². The van der Waals surface area contributed by atoms with Gasteiger partial charge in [-0.3, -0.25) is 19.4 Å². The van der Waals surface area contributed by atoms with Crippen LogP contribution in [0, 0.1) is 31.6 Å². The van der Waals surface area contributed by atoms with Gasteiger partial charge < -0.3 is 23.8 Å². The van der Waals surface area contributed by atoms with E-state index in [2.05, 4.69) is 4.90 Å². The van der Waals surface area contributed by atoms with Crippen molar-refractivity contribution in [3.63, 3.8) is 0 Å². The first kappa shape index (κ1) is 28.7. The number of likely N-dealkylation sites (N-methyl/N-ethyl adjacent to an activating group) is 2. The van der Waals surface area contributed by atoms with Crippen LogP contribution in [0.4, 0.5) is 0 Å². The molecule has 2 aliphatic heterocycles. The van der Waals surface area contributed by atoms with Crippen LogP contribution in [-0.4, -0.2) is 111 Å². The Kier molecular flexibility index (Phi) is 12.3. The predicted octanol–water partition coefficient (Wildman–Crippen LogP) is 1.58. The first-order valence-electron chi connectivity index (χ1n) is 12.5. The molecule has 0 atom stereocenters. The number of rotatable bonds is 5. The Hall–Kier alpha value is -1.85. The molecular formula is C26H36N3O6S. The quantitative estimate of drug-likeness (QED) is 0.308. The minimum atomic E-state index is -0.376. The van der Waals surface area contributed by atoms with Crippen LogP contribution in [0.1, 0.15) is 13.8 Å². The lowest BCUT2D eigenvalue weighted by Gasteiger charge is -2.35. The first-order valence-corrected chi connectivity index (χ1v) is 12.9. The minimum Gasteiger partial charge on any atom is -0.377 e. The zero-order valence-electron chi connectivity index (χ0n) is 21.1. The molecule has 3 rings (SSSR count). The van der Waals surface area contributed by atoms with Crippen LogP contribution in [0.3, 0.4) is 0 Å². The van der Waals surface area contributed by atoms with Gasteiger partial charge in [0, 0.05) is 37.8 Å². The monoisotopic (exact) mass is 518 g/mol. The van der Waals surface area contributed by atoms with Gasteiger partial charge in [-0.05, 0) is 63.9 Å². The third-order valence-electron chi connectivity index (χ3n) is 5.88. The van der Waals surface area contributed by atoms with Crippen molar-refractivity contribution >= 4 is 29.1 Å². The molecule has 0 aromatic rings. The van der Waals surface area contributed by atoms with Crippen LogP contribution in [0.25, 0.3) is 0 Å². The molecule has 197 valence electrons. The van der Waals surface area contributed by atoms with Gasteiger partial charge in [-0.15, -0.1) is 0 Å². The van der Waals surface area contributed by atoms with Crippen LogP contribution in [0.5, 0.6) is 0 Å². The van der Waals surface area contributed by atoms with Crippen LogP contribution >= 0.6 is 12.2 Å². The molecular weight excluding hydrogens is 482 g/mol. The summed E-state index contributed by atoms with van der Waals surface area (Å²) in [6.07, 6.45) is 11.4. The number of amides is 2. The minimum absolute atomic E-state index is 0.0940. The summed E-state index contributed by atoms with van der Waals surface area (Å²) in [5.74, 6) is 0.223. The number of ether oxygens (including phenoxy) is 4. The number of hydrogen-bond donors (Lipinski definition) is 0.